The first-order valence-electron chi connectivity index (χ1n) is 21.2. The molecule has 22 nitrogen and oxygen atoms in total. The van der Waals surface area contributed by atoms with Gasteiger partial charge in [-0.1, -0.05) is 31.2 Å². The Labute approximate surface area is 389 Å². The number of carboxylic acid groups (broad SMARTS) is 2. The summed E-state index contributed by atoms with van der Waals surface area (Å²) in [5.41, 5.74) is 2.71. The monoisotopic (exact) mass is 954 g/mol. The molecular formula is C44H58N8O14S. The molecule has 364 valence electrons. The second kappa shape index (κ2) is 30.3. The van der Waals surface area contributed by atoms with Crippen molar-refractivity contribution in [1.82, 2.24) is 26.2 Å². The standard InChI is InChI=1S/C44H58N8O14S/c1-3-17-52(29-39(55)45-15-18-53)42(60)37(28-41(58)59)49-38(54)14-19-64-21-23-66-24-22-65-20-16-46-43(61)47-32-10-12-33(13-11-32)48-44(62)50-36(27-40(56)57)31-7-5-8-34(26-31)51-67(63)35-9-4-6-30(2)25-35/h4-13,18,25-26,36-37,51H,3,14-17,19-24,27-29H2,1-2H3,(H,45,55)(H,49,54)(H,56,57)(H,58,59)(H2,46,47,61)(H2,48,50,62). The van der Waals surface area contributed by atoms with E-state index in [9.17, 15) is 52.8 Å². The molecular weight excluding hydrogens is 897 g/mol. The fourth-order valence-corrected chi connectivity index (χ4v) is 6.96. The Balaban J connectivity index is 1.28. The van der Waals surface area contributed by atoms with E-state index in [2.05, 4.69) is 36.6 Å². The fourth-order valence-electron chi connectivity index (χ4n) is 6.01. The van der Waals surface area contributed by atoms with Crippen molar-refractivity contribution in [1.29, 1.82) is 0 Å². The van der Waals surface area contributed by atoms with Crippen molar-refractivity contribution in [3.8, 4) is 0 Å². The van der Waals surface area contributed by atoms with Crippen LogP contribution < -0.4 is 36.6 Å². The smallest absolute Gasteiger partial charge is 0.319 e. The van der Waals surface area contributed by atoms with E-state index in [0.29, 0.717) is 40.2 Å². The summed E-state index contributed by atoms with van der Waals surface area (Å²) in [5, 5.41) is 34.2. The zero-order valence-corrected chi connectivity index (χ0v) is 38.0. The van der Waals surface area contributed by atoms with Crippen molar-refractivity contribution in [2.45, 2.75) is 56.5 Å². The zero-order valence-electron chi connectivity index (χ0n) is 37.2. The van der Waals surface area contributed by atoms with Crippen molar-refractivity contribution in [3.63, 3.8) is 0 Å². The van der Waals surface area contributed by atoms with Gasteiger partial charge in [-0.25, -0.2) is 13.8 Å². The lowest BCUT2D eigenvalue weighted by Crippen LogP contribution is -2.52. The molecule has 0 radical (unpaired) electrons. The summed E-state index contributed by atoms with van der Waals surface area (Å²) in [6.45, 7) is 4.23. The molecule has 0 aliphatic heterocycles. The van der Waals surface area contributed by atoms with E-state index in [-0.39, 0.29) is 65.7 Å². The van der Waals surface area contributed by atoms with Crippen LogP contribution in [-0.2, 0) is 54.0 Å². The lowest BCUT2D eigenvalue weighted by atomic mass is 10.0. The highest BCUT2D eigenvalue weighted by Crippen LogP contribution is 2.23. The third-order valence-electron chi connectivity index (χ3n) is 9.07. The van der Waals surface area contributed by atoms with Gasteiger partial charge in [0.05, 0.1) is 76.5 Å². The van der Waals surface area contributed by atoms with Gasteiger partial charge in [-0.05, 0) is 73.0 Å². The number of aliphatic carboxylic acids is 2. The Bertz CT molecular complexity index is 2140. The maximum atomic E-state index is 13.0. The Morgan fingerprint density at radius 3 is 1.97 bits per heavy atom. The quantitative estimate of drug-likeness (QED) is 0.0331. The van der Waals surface area contributed by atoms with Gasteiger partial charge in [0.2, 0.25) is 17.7 Å². The first kappa shape index (κ1) is 54.4. The van der Waals surface area contributed by atoms with Crippen molar-refractivity contribution < 1.29 is 67.0 Å². The predicted molar refractivity (Wildman–Crippen MR) is 245 cm³/mol. The summed E-state index contributed by atoms with van der Waals surface area (Å²) in [6.07, 6.45) is -0.327. The number of carbonyl (C=O) groups is 8. The number of anilines is 3. The highest BCUT2D eigenvalue weighted by molar-refractivity contribution is 7.86. The number of nitrogens with one attached hydrogen (secondary N) is 7. The molecule has 3 rings (SSSR count). The van der Waals surface area contributed by atoms with Crippen LogP contribution in [0.25, 0.3) is 0 Å². The number of aldehydes is 1. The van der Waals surface area contributed by atoms with Crippen LogP contribution >= 0.6 is 0 Å². The molecule has 3 aromatic carbocycles. The average Bonchev–Trinajstić information content (AvgIpc) is 3.28. The van der Waals surface area contributed by atoms with E-state index in [4.69, 9.17) is 14.2 Å². The number of carbonyl (C=O) groups excluding carboxylic acids is 6. The topological polar surface area (TPSA) is 309 Å². The molecule has 3 atom stereocenters. The number of carboxylic acids is 2. The maximum Gasteiger partial charge on any atom is 0.319 e. The van der Waals surface area contributed by atoms with Crippen LogP contribution in [0, 0.1) is 6.92 Å². The molecule has 0 spiro atoms. The second-order valence-corrected chi connectivity index (χ2v) is 15.8. The Morgan fingerprint density at radius 2 is 1.34 bits per heavy atom. The molecule has 23 heteroatoms. The normalized spacial score (nSPS) is 12.0. The van der Waals surface area contributed by atoms with Gasteiger partial charge in [-0.3, -0.25) is 24.0 Å². The zero-order chi connectivity index (χ0) is 49.0. The summed E-state index contributed by atoms with van der Waals surface area (Å²) in [5.74, 6) is -4.43. The molecule has 67 heavy (non-hydrogen) atoms. The van der Waals surface area contributed by atoms with Crippen LogP contribution in [0.2, 0.25) is 0 Å². The predicted octanol–water partition coefficient (Wildman–Crippen LogP) is 2.54. The summed E-state index contributed by atoms with van der Waals surface area (Å²) in [4.78, 5) is 98.1. The van der Waals surface area contributed by atoms with Crippen LogP contribution in [-0.4, -0.2) is 139 Å². The molecule has 0 saturated carbocycles. The van der Waals surface area contributed by atoms with Gasteiger partial charge < -0.3 is 70.7 Å². The largest absolute Gasteiger partial charge is 0.481 e. The number of aryl methyl sites for hydroxylation is 1. The van der Waals surface area contributed by atoms with Gasteiger partial charge in [-0.2, -0.15) is 0 Å². The van der Waals surface area contributed by atoms with E-state index in [1.165, 1.54) is 0 Å². The minimum absolute atomic E-state index is 0.0352. The molecule has 0 aliphatic carbocycles. The Hall–Kier alpha value is -6.95. The first-order valence-corrected chi connectivity index (χ1v) is 22.3. The van der Waals surface area contributed by atoms with Gasteiger partial charge in [0.15, 0.2) is 0 Å². The summed E-state index contributed by atoms with van der Waals surface area (Å²) in [7, 11) is -1.57. The van der Waals surface area contributed by atoms with E-state index in [0.717, 1.165) is 10.5 Å². The van der Waals surface area contributed by atoms with Crippen LogP contribution in [0.15, 0.2) is 77.7 Å². The second-order valence-electron chi connectivity index (χ2n) is 14.6. The molecule has 0 heterocycles. The third kappa shape index (κ3) is 22.2. The Morgan fingerprint density at radius 1 is 0.716 bits per heavy atom. The summed E-state index contributed by atoms with van der Waals surface area (Å²) < 4.78 is 32.1. The highest BCUT2D eigenvalue weighted by Gasteiger charge is 2.29. The molecule has 0 fully saturated rings. The van der Waals surface area contributed by atoms with Crippen LogP contribution in [0.5, 0.6) is 0 Å². The van der Waals surface area contributed by atoms with Crippen molar-refractivity contribution in [2.75, 3.05) is 81.2 Å². The SMILES string of the molecule is CCCN(CC(=O)NCC=O)C(=O)C(CC(=O)O)NC(=O)CCOCCOCCOCCNC(=O)Nc1ccc(NC(=O)NC(CC(=O)O)c2cccc(NS(=O)c3cccc(C)c3)c2)cc1. The number of rotatable bonds is 31. The minimum Gasteiger partial charge on any atom is -0.481 e. The number of ether oxygens (including phenoxy) is 3. The number of benzene rings is 3. The van der Waals surface area contributed by atoms with E-state index < -0.39 is 84.2 Å². The molecule has 3 aromatic rings. The molecule has 7 amide bonds. The minimum atomic E-state index is -1.57. The number of amides is 7. The van der Waals surface area contributed by atoms with Crippen LogP contribution in [0.1, 0.15) is 49.8 Å². The van der Waals surface area contributed by atoms with Gasteiger partial charge in [0.25, 0.3) is 0 Å². The number of hydrogen-bond acceptors (Lipinski definition) is 12. The average molecular weight is 955 g/mol. The van der Waals surface area contributed by atoms with E-state index in [1.54, 1.807) is 73.7 Å². The lowest BCUT2D eigenvalue weighted by Gasteiger charge is -2.26. The summed E-state index contributed by atoms with van der Waals surface area (Å²) >= 11 is 0. The highest BCUT2D eigenvalue weighted by atomic mass is 32.2. The fraction of sp³-hybridized carbons (Fsp3) is 0.409. The first-order chi connectivity index (χ1) is 32.2. The van der Waals surface area contributed by atoms with Gasteiger partial charge in [0, 0.05) is 36.6 Å². The van der Waals surface area contributed by atoms with Crippen LogP contribution in [0.3, 0.4) is 0 Å². The van der Waals surface area contributed by atoms with Crippen molar-refractivity contribution in [2.24, 2.45) is 0 Å². The van der Waals surface area contributed by atoms with E-state index in [1.807, 2.05) is 13.0 Å². The van der Waals surface area contributed by atoms with Crippen molar-refractivity contribution in [3.05, 3.63) is 83.9 Å². The number of nitrogens with zero attached hydrogens (tertiary/aromatic N) is 1. The molecule has 0 aromatic heterocycles. The number of urea groups is 2. The maximum absolute atomic E-state index is 13.0. The molecule has 3 unspecified atom stereocenters. The van der Waals surface area contributed by atoms with Gasteiger partial charge in [0.1, 0.15) is 23.3 Å². The third-order valence-corrected chi connectivity index (χ3v) is 10.2. The molecule has 9 N–H and O–H groups in total. The molecule has 0 aliphatic rings. The Kier molecular flexibility index (Phi) is 24.6. The van der Waals surface area contributed by atoms with Crippen molar-refractivity contribution >= 4 is 76.1 Å². The van der Waals surface area contributed by atoms with Gasteiger partial charge >= 0.3 is 24.0 Å². The van der Waals surface area contributed by atoms with E-state index >= 15 is 0 Å². The van der Waals surface area contributed by atoms with Crippen LogP contribution in [0.4, 0.5) is 26.7 Å². The number of hydrogen-bond donors (Lipinski definition) is 9. The lowest BCUT2D eigenvalue weighted by molar-refractivity contribution is -0.145. The van der Waals surface area contributed by atoms with Gasteiger partial charge in [-0.15, -0.1) is 0 Å². The summed E-state index contributed by atoms with van der Waals surface area (Å²) in [6, 6.07) is 16.6. The molecule has 0 saturated heterocycles. The molecule has 0 bridgehead atoms.